The number of benzene rings is 2. The number of hydrazine groups is 1. The molecule has 4 rings (SSSR count). The molecule has 2 aromatic rings. The third-order valence-corrected chi connectivity index (χ3v) is 5.95. The van der Waals surface area contributed by atoms with Crippen molar-refractivity contribution in [3.63, 3.8) is 0 Å². The Kier molecular flexibility index (Phi) is 5.47. The van der Waals surface area contributed by atoms with Gasteiger partial charge >= 0.3 is 0 Å². The number of nitrogens with zero attached hydrogens (tertiary/aromatic N) is 2. The summed E-state index contributed by atoms with van der Waals surface area (Å²) in [6, 6.07) is 13.3. The minimum Gasteiger partial charge on any atom is -0.481 e. The highest BCUT2D eigenvalue weighted by molar-refractivity contribution is 7.90. The number of carbonyl (C=O) groups excluding carboxylic acids is 2. The van der Waals surface area contributed by atoms with Crippen LogP contribution in [-0.4, -0.2) is 49.4 Å². The highest BCUT2D eigenvalue weighted by atomic mass is 32.2. The van der Waals surface area contributed by atoms with Gasteiger partial charge in [-0.3, -0.25) is 20.4 Å². The zero-order valence-electron chi connectivity index (χ0n) is 16.6. The molecule has 1 unspecified atom stereocenters. The average Bonchev–Trinajstić information content (AvgIpc) is 2.76. The van der Waals surface area contributed by atoms with Gasteiger partial charge in [-0.1, -0.05) is 30.3 Å². The van der Waals surface area contributed by atoms with Gasteiger partial charge in [0.15, 0.2) is 6.10 Å². The van der Waals surface area contributed by atoms with Crippen LogP contribution < -0.4 is 15.6 Å². The lowest BCUT2D eigenvalue weighted by Crippen LogP contribution is -2.48. The van der Waals surface area contributed by atoms with E-state index in [4.69, 9.17) is 4.74 Å². The normalized spacial score (nSPS) is 17.8. The van der Waals surface area contributed by atoms with Crippen LogP contribution in [0.1, 0.15) is 6.92 Å². The molecule has 0 fully saturated rings. The van der Waals surface area contributed by atoms with E-state index >= 15 is 0 Å². The van der Waals surface area contributed by atoms with Gasteiger partial charge < -0.3 is 9.64 Å². The number of amides is 2. The first-order chi connectivity index (χ1) is 14.8. The number of fused-ring (bicyclic) bond motifs is 2. The van der Waals surface area contributed by atoms with Crippen LogP contribution in [0.25, 0.3) is 10.8 Å². The summed E-state index contributed by atoms with van der Waals surface area (Å²) in [4.78, 5) is 26.2. The molecule has 0 saturated heterocycles. The molecule has 2 heterocycles. The highest BCUT2D eigenvalue weighted by Crippen LogP contribution is 2.21. The minimum atomic E-state index is -3.47. The van der Waals surface area contributed by atoms with Gasteiger partial charge in [0.25, 0.3) is 21.8 Å². The van der Waals surface area contributed by atoms with E-state index in [-0.39, 0.29) is 23.7 Å². The maximum absolute atomic E-state index is 12.4. The lowest BCUT2D eigenvalue weighted by Gasteiger charge is -2.27. The zero-order valence-corrected chi connectivity index (χ0v) is 17.4. The van der Waals surface area contributed by atoms with Gasteiger partial charge in [0, 0.05) is 12.7 Å². The van der Waals surface area contributed by atoms with E-state index in [1.807, 2.05) is 36.4 Å². The van der Waals surface area contributed by atoms with Crippen molar-refractivity contribution in [3.05, 3.63) is 66.4 Å². The van der Waals surface area contributed by atoms with Crippen LogP contribution >= 0.6 is 0 Å². The number of hydrogen-bond acceptors (Lipinski definition) is 6. The zero-order chi connectivity index (χ0) is 22.0. The number of rotatable bonds is 4. The molecule has 0 aromatic heterocycles. The SMILES string of the molecule is CC(Oc1ccc2ccccc2c1)C(=O)NNC(=O)C1=CN2CCS(=O)(=O)N=C2C=C1. The summed E-state index contributed by atoms with van der Waals surface area (Å²) < 4.78 is 32.4. The number of carbonyl (C=O) groups is 2. The van der Waals surface area contributed by atoms with Crippen molar-refractivity contribution in [2.45, 2.75) is 13.0 Å². The van der Waals surface area contributed by atoms with E-state index in [2.05, 4.69) is 15.2 Å². The molecule has 0 aliphatic carbocycles. The van der Waals surface area contributed by atoms with E-state index in [9.17, 15) is 18.0 Å². The predicted octanol–water partition coefficient (Wildman–Crippen LogP) is 1.25. The van der Waals surface area contributed by atoms with Gasteiger partial charge in [0.2, 0.25) is 0 Å². The Morgan fingerprint density at radius 2 is 1.87 bits per heavy atom. The number of hydrogen-bond donors (Lipinski definition) is 2. The molecule has 0 spiro atoms. The molecule has 2 amide bonds. The van der Waals surface area contributed by atoms with Crippen LogP contribution in [0.5, 0.6) is 5.75 Å². The third-order valence-electron chi connectivity index (χ3n) is 4.79. The van der Waals surface area contributed by atoms with Crippen LogP contribution in [-0.2, 0) is 19.6 Å². The third kappa shape index (κ3) is 4.75. The molecule has 160 valence electrons. The van der Waals surface area contributed by atoms with Gasteiger partial charge in [-0.25, -0.2) is 8.42 Å². The molecule has 1 atom stereocenters. The van der Waals surface area contributed by atoms with Crippen LogP contribution in [0.4, 0.5) is 0 Å². The van der Waals surface area contributed by atoms with Crippen LogP contribution in [0.15, 0.2) is 70.8 Å². The molecule has 31 heavy (non-hydrogen) atoms. The van der Waals surface area contributed by atoms with Gasteiger partial charge in [0.1, 0.15) is 11.6 Å². The van der Waals surface area contributed by atoms with Gasteiger partial charge in [-0.2, -0.15) is 0 Å². The van der Waals surface area contributed by atoms with Crippen molar-refractivity contribution in [2.75, 3.05) is 12.3 Å². The molecule has 2 aromatic carbocycles. The van der Waals surface area contributed by atoms with Crippen molar-refractivity contribution in [2.24, 2.45) is 4.40 Å². The summed E-state index contributed by atoms with van der Waals surface area (Å²) in [6.45, 7) is 1.78. The largest absolute Gasteiger partial charge is 0.481 e. The van der Waals surface area contributed by atoms with E-state index in [0.29, 0.717) is 5.75 Å². The summed E-state index contributed by atoms with van der Waals surface area (Å²) in [5.41, 5.74) is 4.93. The predicted molar refractivity (Wildman–Crippen MR) is 115 cm³/mol. The Balaban J connectivity index is 1.33. The molecule has 2 aliphatic heterocycles. The fourth-order valence-corrected chi connectivity index (χ4v) is 4.10. The monoisotopic (exact) mass is 440 g/mol. The molecule has 0 radical (unpaired) electrons. The Morgan fingerprint density at radius 1 is 1.10 bits per heavy atom. The van der Waals surface area contributed by atoms with Gasteiger partial charge in [-0.15, -0.1) is 4.40 Å². The van der Waals surface area contributed by atoms with E-state index < -0.39 is 27.9 Å². The van der Waals surface area contributed by atoms with Gasteiger partial charge in [-0.05, 0) is 42.0 Å². The second-order valence-electron chi connectivity index (χ2n) is 7.06. The Morgan fingerprint density at radius 3 is 2.68 bits per heavy atom. The average molecular weight is 440 g/mol. The topological polar surface area (TPSA) is 117 Å². The minimum absolute atomic E-state index is 0.129. The second-order valence-corrected chi connectivity index (χ2v) is 8.81. The summed E-state index contributed by atoms with van der Waals surface area (Å²) in [5.74, 6) is -0.402. The summed E-state index contributed by atoms with van der Waals surface area (Å²) >= 11 is 0. The first-order valence-electron chi connectivity index (χ1n) is 9.56. The fourth-order valence-electron chi connectivity index (χ4n) is 3.13. The van der Waals surface area contributed by atoms with Crippen LogP contribution in [0.3, 0.4) is 0 Å². The lowest BCUT2D eigenvalue weighted by molar-refractivity contribution is -0.131. The molecule has 2 aliphatic rings. The van der Waals surface area contributed by atoms with Crippen LogP contribution in [0.2, 0.25) is 0 Å². The van der Waals surface area contributed by atoms with E-state index in [0.717, 1.165) is 10.8 Å². The van der Waals surface area contributed by atoms with E-state index in [1.165, 1.54) is 18.4 Å². The van der Waals surface area contributed by atoms with Crippen molar-refractivity contribution in [1.82, 2.24) is 15.8 Å². The standard InChI is InChI=1S/C21H20N4O5S/c1-14(30-18-8-6-15-4-2-3-5-16(15)12-18)20(26)22-23-21(27)17-7-9-19-24-31(28,29)11-10-25(19)13-17/h2-9,12-14H,10-11H2,1H3,(H,22,26)(H,23,27). The Labute approximate surface area is 179 Å². The summed E-state index contributed by atoms with van der Waals surface area (Å²) in [6.07, 6.45) is 3.53. The fraction of sp³-hybridized carbons (Fsp3) is 0.190. The lowest BCUT2D eigenvalue weighted by atomic mass is 10.1. The number of amidine groups is 1. The summed E-state index contributed by atoms with van der Waals surface area (Å²) in [5, 5.41) is 2.05. The molecule has 0 saturated carbocycles. The molecule has 10 heteroatoms. The van der Waals surface area contributed by atoms with Crippen molar-refractivity contribution in [3.8, 4) is 5.75 Å². The molecule has 9 nitrogen and oxygen atoms in total. The Hall–Kier alpha value is -3.66. The Bertz CT molecular complexity index is 1250. The highest BCUT2D eigenvalue weighted by Gasteiger charge is 2.25. The first kappa shape index (κ1) is 20.6. The molecule has 0 bridgehead atoms. The molecule has 2 N–H and O–H groups in total. The number of ether oxygens (including phenoxy) is 1. The number of sulfonamides is 1. The quantitative estimate of drug-likeness (QED) is 0.691. The smallest absolute Gasteiger partial charge is 0.279 e. The number of nitrogens with one attached hydrogen (secondary N) is 2. The van der Waals surface area contributed by atoms with Crippen molar-refractivity contribution >= 4 is 38.4 Å². The van der Waals surface area contributed by atoms with Crippen LogP contribution in [0, 0.1) is 0 Å². The van der Waals surface area contributed by atoms with Crippen molar-refractivity contribution < 1.29 is 22.7 Å². The second kappa shape index (κ2) is 8.23. The van der Waals surface area contributed by atoms with Crippen molar-refractivity contribution in [1.29, 1.82) is 0 Å². The van der Waals surface area contributed by atoms with Gasteiger partial charge in [0.05, 0.1) is 11.3 Å². The summed E-state index contributed by atoms with van der Waals surface area (Å²) in [7, 11) is -3.47. The maximum Gasteiger partial charge on any atom is 0.279 e. The van der Waals surface area contributed by atoms with E-state index in [1.54, 1.807) is 17.9 Å². The maximum atomic E-state index is 12.4. The molecular formula is C21H20N4O5S. The molecular weight excluding hydrogens is 420 g/mol. The first-order valence-corrected chi connectivity index (χ1v) is 11.2.